The molecule has 3 atom stereocenters. The van der Waals surface area contributed by atoms with Gasteiger partial charge in [-0.3, -0.25) is 19.2 Å². The van der Waals surface area contributed by atoms with E-state index in [-0.39, 0.29) is 19.4 Å². The zero-order valence-corrected chi connectivity index (χ0v) is 15.4. The van der Waals surface area contributed by atoms with E-state index >= 15 is 0 Å². The zero-order chi connectivity index (χ0) is 20.6. The van der Waals surface area contributed by atoms with Gasteiger partial charge in [0.05, 0.1) is 24.6 Å². The molecule has 0 bridgehead atoms. The van der Waals surface area contributed by atoms with Crippen LogP contribution >= 0.6 is 0 Å². The summed E-state index contributed by atoms with van der Waals surface area (Å²) >= 11 is 0. The Morgan fingerprint density at radius 2 is 1.63 bits per heavy atom. The number of primary amides is 1. The van der Waals surface area contributed by atoms with Crippen molar-refractivity contribution in [3.8, 4) is 0 Å². The molecule has 0 fully saturated rings. The lowest BCUT2D eigenvalue weighted by Gasteiger charge is -2.19. The maximum Gasteiger partial charge on any atom is 0.237 e. The van der Waals surface area contributed by atoms with E-state index in [4.69, 9.17) is 16.6 Å². The average molecular weight is 378 g/mol. The van der Waals surface area contributed by atoms with Gasteiger partial charge in [-0.15, -0.1) is 0 Å². The first-order chi connectivity index (χ1) is 12.6. The van der Waals surface area contributed by atoms with Gasteiger partial charge < -0.3 is 27.2 Å². The third-order valence-corrected chi connectivity index (χ3v) is 3.93. The van der Waals surface area contributed by atoms with Crippen LogP contribution < -0.4 is 22.1 Å². The van der Waals surface area contributed by atoms with E-state index in [1.165, 1.54) is 13.8 Å². The van der Waals surface area contributed by atoms with Crippen molar-refractivity contribution in [2.45, 2.75) is 45.4 Å². The van der Waals surface area contributed by atoms with Crippen LogP contribution in [0.1, 0.15) is 32.3 Å². The van der Waals surface area contributed by atoms with Crippen LogP contribution in [-0.2, 0) is 25.8 Å². The number of ketones is 1. The van der Waals surface area contributed by atoms with E-state index in [1.54, 1.807) is 24.3 Å². The highest BCUT2D eigenvalue weighted by Crippen LogP contribution is 2.16. The number of rotatable bonds is 10. The second-order valence-corrected chi connectivity index (χ2v) is 6.40. The van der Waals surface area contributed by atoms with Gasteiger partial charge in [-0.25, -0.2) is 0 Å². The zero-order valence-electron chi connectivity index (χ0n) is 15.4. The maximum atomic E-state index is 12.5. The average Bonchev–Trinajstić information content (AvgIpc) is 2.61. The molecule has 0 aliphatic heterocycles. The van der Waals surface area contributed by atoms with Crippen molar-refractivity contribution in [1.29, 1.82) is 0 Å². The Morgan fingerprint density at radius 1 is 1.04 bits per heavy atom. The minimum absolute atomic E-state index is 0.127. The van der Waals surface area contributed by atoms with Gasteiger partial charge in [0.25, 0.3) is 0 Å². The van der Waals surface area contributed by atoms with E-state index in [0.29, 0.717) is 11.3 Å². The molecular weight excluding hydrogens is 352 g/mol. The number of hydrogen-bond donors (Lipinski definition) is 5. The quantitative estimate of drug-likeness (QED) is 0.365. The number of aliphatic hydroxyl groups excluding tert-OH is 1. The Balaban J connectivity index is 2.78. The number of carbonyl (C=O) groups is 4. The Bertz CT molecular complexity index is 687. The van der Waals surface area contributed by atoms with Crippen LogP contribution in [-0.4, -0.2) is 40.7 Å². The van der Waals surface area contributed by atoms with Crippen LogP contribution in [0.25, 0.3) is 0 Å². The van der Waals surface area contributed by atoms with E-state index < -0.39 is 41.5 Å². The lowest BCUT2D eigenvalue weighted by Crippen LogP contribution is -2.46. The van der Waals surface area contributed by atoms with Gasteiger partial charge in [-0.05, 0) is 31.5 Å². The first-order valence-corrected chi connectivity index (χ1v) is 8.51. The first-order valence-electron chi connectivity index (χ1n) is 8.51. The van der Waals surface area contributed by atoms with Crippen LogP contribution in [0.4, 0.5) is 5.69 Å². The molecule has 0 saturated carbocycles. The Morgan fingerprint density at radius 3 is 2.11 bits per heavy atom. The Labute approximate surface area is 157 Å². The predicted molar refractivity (Wildman–Crippen MR) is 99.2 cm³/mol. The number of nitrogens with one attached hydrogen (secondary N) is 2. The van der Waals surface area contributed by atoms with Crippen LogP contribution in [0.15, 0.2) is 24.3 Å². The van der Waals surface area contributed by atoms with E-state index in [2.05, 4.69) is 10.6 Å². The molecule has 1 rings (SSSR count). The summed E-state index contributed by atoms with van der Waals surface area (Å²) in [7, 11) is 0. The van der Waals surface area contributed by atoms with Crippen LogP contribution in [0.2, 0.25) is 0 Å². The topological polar surface area (TPSA) is 165 Å². The van der Waals surface area contributed by atoms with Crippen molar-refractivity contribution in [3.05, 3.63) is 29.8 Å². The number of Topliss-reactive ketones (excluding diaryl/α,β-unsaturated/α-hetero) is 1. The molecule has 1 aromatic carbocycles. The number of amides is 3. The molecule has 27 heavy (non-hydrogen) atoms. The van der Waals surface area contributed by atoms with Gasteiger partial charge in [0, 0.05) is 18.5 Å². The molecule has 0 radical (unpaired) electrons. The fraction of sp³-hybridized carbons (Fsp3) is 0.444. The normalized spacial score (nSPS) is 13.9. The second-order valence-electron chi connectivity index (χ2n) is 6.40. The molecule has 9 heteroatoms. The fourth-order valence-corrected chi connectivity index (χ4v) is 2.28. The van der Waals surface area contributed by atoms with Gasteiger partial charge >= 0.3 is 0 Å². The molecule has 0 aliphatic rings. The largest absolute Gasteiger partial charge is 0.392 e. The van der Waals surface area contributed by atoms with Gasteiger partial charge in [0.15, 0.2) is 5.78 Å². The smallest absolute Gasteiger partial charge is 0.237 e. The summed E-state index contributed by atoms with van der Waals surface area (Å²) in [6.07, 6.45) is -0.565. The van der Waals surface area contributed by atoms with Crippen LogP contribution in [0.3, 0.4) is 0 Å². The highest BCUT2D eigenvalue weighted by atomic mass is 16.3. The number of nitrogens with two attached hydrogens (primary N) is 2. The Hall–Kier alpha value is -2.78. The summed E-state index contributed by atoms with van der Waals surface area (Å²) in [6, 6.07) is 4.84. The fourth-order valence-electron chi connectivity index (χ4n) is 2.28. The van der Waals surface area contributed by atoms with Crippen LogP contribution in [0, 0.1) is 5.92 Å². The molecule has 7 N–H and O–H groups in total. The third-order valence-electron chi connectivity index (χ3n) is 3.93. The number of carbonyl (C=O) groups excluding carboxylic acids is 4. The molecule has 9 nitrogen and oxygen atoms in total. The summed E-state index contributed by atoms with van der Waals surface area (Å²) < 4.78 is 0. The molecule has 0 saturated heterocycles. The number of anilines is 1. The van der Waals surface area contributed by atoms with E-state index in [1.807, 2.05) is 0 Å². The van der Waals surface area contributed by atoms with Crippen molar-refractivity contribution < 1.29 is 24.3 Å². The van der Waals surface area contributed by atoms with Crippen LogP contribution in [0.5, 0.6) is 0 Å². The molecule has 148 valence electrons. The maximum absolute atomic E-state index is 12.5. The molecule has 0 unspecified atom stereocenters. The number of hydrogen-bond acceptors (Lipinski definition) is 6. The molecule has 3 amide bonds. The summed E-state index contributed by atoms with van der Waals surface area (Å²) in [5, 5.41) is 14.1. The van der Waals surface area contributed by atoms with Crippen molar-refractivity contribution >= 4 is 29.2 Å². The summed E-state index contributed by atoms with van der Waals surface area (Å²) in [5.41, 5.74) is 11.8. The highest BCUT2D eigenvalue weighted by Gasteiger charge is 2.27. The summed E-state index contributed by atoms with van der Waals surface area (Å²) in [6.45, 7) is 2.84. The van der Waals surface area contributed by atoms with Gasteiger partial charge in [-0.1, -0.05) is 12.1 Å². The standard InChI is InChI=1S/C18H26N4O5/c1-10(19)17(26)21-11(2)15(24)7-13(8-16(20)25)18(27)22-14-5-3-12(9-23)4-6-14/h3-6,10-11,13,23H,7-9,19H2,1-2H3,(H2,20,25)(H,21,26)(H,22,27)/t10-,11-,13-/m0/s1. The lowest BCUT2D eigenvalue weighted by atomic mass is 9.94. The van der Waals surface area contributed by atoms with Crippen molar-refractivity contribution in [3.63, 3.8) is 0 Å². The first kappa shape index (κ1) is 22.3. The molecule has 0 aromatic heterocycles. The van der Waals surface area contributed by atoms with Gasteiger partial charge in [0.1, 0.15) is 0 Å². The molecule has 0 aliphatic carbocycles. The SMILES string of the molecule is C[C@H](N)C(=O)N[C@@H](C)C(=O)C[C@@H](CC(N)=O)C(=O)Nc1ccc(CO)cc1. The van der Waals surface area contributed by atoms with Crippen molar-refractivity contribution in [2.75, 3.05) is 5.32 Å². The highest BCUT2D eigenvalue weighted by molar-refractivity contribution is 5.99. The van der Waals surface area contributed by atoms with Gasteiger partial charge in [0.2, 0.25) is 17.7 Å². The molecule has 0 heterocycles. The minimum atomic E-state index is -0.970. The summed E-state index contributed by atoms with van der Waals surface area (Å²) in [5.74, 6) is -3.13. The predicted octanol–water partition coefficient (Wildman–Crippen LogP) is -0.580. The van der Waals surface area contributed by atoms with Crippen molar-refractivity contribution in [2.24, 2.45) is 17.4 Å². The minimum Gasteiger partial charge on any atom is -0.392 e. The molecule has 1 aromatic rings. The molecule has 0 spiro atoms. The van der Waals surface area contributed by atoms with E-state index in [0.717, 1.165) is 0 Å². The monoisotopic (exact) mass is 378 g/mol. The summed E-state index contributed by atoms with van der Waals surface area (Å²) in [4.78, 5) is 47.7. The number of aliphatic hydroxyl groups is 1. The Kier molecular flexibility index (Phi) is 8.57. The van der Waals surface area contributed by atoms with Gasteiger partial charge in [-0.2, -0.15) is 0 Å². The van der Waals surface area contributed by atoms with E-state index in [9.17, 15) is 19.2 Å². The molecular formula is C18H26N4O5. The second kappa shape index (κ2) is 10.4. The lowest BCUT2D eigenvalue weighted by molar-refractivity contribution is -0.131. The van der Waals surface area contributed by atoms with Crippen molar-refractivity contribution in [1.82, 2.24) is 5.32 Å². The number of benzene rings is 1. The third kappa shape index (κ3) is 7.55.